The Morgan fingerprint density at radius 3 is 2.50 bits per heavy atom. The number of aromatic nitrogens is 2. The van der Waals surface area contributed by atoms with Crippen LogP contribution >= 0.6 is 0 Å². The van der Waals surface area contributed by atoms with Crippen molar-refractivity contribution in [1.82, 2.24) is 10.1 Å². The number of alkyl halides is 3. The van der Waals surface area contributed by atoms with Gasteiger partial charge >= 0.3 is 6.18 Å². The van der Waals surface area contributed by atoms with Crippen LogP contribution in [-0.4, -0.2) is 24.8 Å². The van der Waals surface area contributed by atoms with Gasteiger partial charge in [-0.25, -0.2) is 4.21 Å². The SMILES string of the molecule is CC(=N[S@@](=O)C(C)(C)C)c1cc(-c2ccnc(C(F)(F)F)c2)no1. The van der Waals surface area contributed by atoms with Crippen LogP contribution in [0.3, 0.4) is 0 Å². The van der Waals surface area contributed by atoms with Crippen molar-refractivity contribution in [2.75, 3.05) is 0 Å². The highest BCUT2D eigenvalue weighted by Gasteiger charge is 2.32. The summed E-state index contributed by atoms with van der Waals surface area (Å²) < 4.78 is 58.8. The normalized spacial score (nSPS) is 14.7. The average molecular weight is 359 g/mol. The summed E-state index contributed by atoms with van der Waals surface area (Å²) in [4.78, 5) is 3.30. The summed E-state index contributed by atoms with van der Waals surface area (Å²) in [7, 11) is -1.48. The van der Waals surface area contributed by atoms with Crippen LogP contribution in [-0.2, 0) is 17.2 Å². The van der Waals surface area contributed by atoms with Crippen molar-refractivity contribution in [2.45, 2.75) is 38.6 Å². The van der Waals surface area contributed by atoms with Crippen LogP contribution in [0.5, 0.6) is 0 Å². The van der Waals surface area contributed by atoms with E-state index in [0.717, 1.165) is 12.3 Å². The highest BCUT2D eigenvalue weighted by Crippen LogP contribution is 2.30. The number of hydrogen-bond donors (Lipinski definition) is 0. The zero-order valence-corrected chi connectivity index (χ0v) is 14.3. The monoisotopic (exact) mass is 359 g/mol. The average Bonchev–Trinajstić information content (AvgIpc) is 2.95. The van der Waals surface area contributed by atoms with Gasteiger partial charge in [0.1, 0.15) is 22.4 Å². The maximum absolute atomic E-state index is 12.7. The first kappa shape index (κ1) is 18.3. The lowest BCUT2D eigenvalue weighted by atomic mass is 10.1. The maximum Gasteiger partial charge on any atom is 0.433 e. The van der Waals surface area contributed by atoms with Crippen molar-refractivity contribution in [3.8, 4) is 11.3 Å². The molecule has 0 bridgehead atoms. The minimum absolute atomic E-state index is 0.217. The van der Waals surface area contributed by atoms with Crippen molar-refractivity contribution in [2.24, 2.45) is 4.40 Å². The van der Waals surface area contributed by atoms with E-state index in [9.17, 15) is 17.4 Å². The molecule has 2 heterocycles. The predicted octanol–water partition coefficient (Wildman–Crippen LogP) is 4.03. The van der Waals surface area contributed by atoms with Crippen molar-refractivity contribution >= 4 is 16.7 Å². The Kier molecular flexibility index (Phi) is 4.93. The highest BCUT2D eigenvalue weighted by atomic mass is 32.2. The molecule has 2 aromatic heterocycles. The van der Waals surface area contributed by atoms with E-state index in [1.54, 1.807) is 27.7 Å². The van der Waals surface area contributed by atoms with Crippen LogP contribution in [0, 0.1) is 0 Å². The lowest BCUT2D eigenvalue weighted by Gasteiger charge is -2.13. The molecule has 0 amide bonds. The first-order valence-corrected chi connectivity index (χ1v) is 8.07. The van der Waals surface area contributed by atoms with E-state index in [0.29, 0.717) is 5.71 Å². The quantitative estimate of drug-likeness (QED) is 0.776. The zero-order chi connectivity index (χ0) is 18.1. The second kappa shape index (κ2) is 6.46. The van der Waals surface area contributed by atoms with Gasteiger partial charge in [0, 0.05) is 17.8 Å². The van der Waals surface area contributed by atoms with Crippen LogP contribution in [0.2, 0.25) is 0 Å². The second-order valence-corrected chi connectivity index (χ2v) is 7.95. The molecule has 0 spiro atoms. The van der Waals surface area contributed by atoms with Gasteiger partial charge in [0.05, 0.1) is 10.5 Å². The fourth-order valence-corrected chi connectivity index (χ4v) is 2.25. The highest BCUT2D eigenvalue weighted by molar-refractivity contribution is 7.85. The fraction of sp³-hybridized carbons (Fsp3) is 0.400. The number of pyridine rings is 1. The molecule has 0 aliphatic carbocycles. The molecule has 2 rings (SSSR count). The third-order valence-electron chi connectivity index (χ3n) is 2.96. The zero-order valence-electron chi connectivity index (χ0n) is 13.5. The molecule has 2 aromatic rings. The van der Waals surface area contributed by atoms with Crippen molar-refractivity contribution in [3.63, 3.8) is 0 Å². The molecule has 0 fully saturated rings. The number of hydrogen-bond acceptors (Lipinski definition) is 4. The number of halogens is 3. The fourth-order valence-electron chi connectivity index (χ4n) is 1.63. The first-order chi connectivity index (χ1) is 11.0. The number of nitrogens with zero attached hydrogens (tertiary/aromatic N) is 3. The summed E-state index contributed by atoms with van der Waals surface area (Å²) in [5.41, 5.74) is -0.220. The number of rotatable bonds is 3. The molecule has 0 saturated heterocycles. The summed E-state index contributed by atoms with van der Waals surface area (Å²) in [5.74, 6) is 0.243. The summed E-state index contributed by atoms with van der Waals surface area (Å²) in [6.07, 6.45) is -3.48. The second-order valence-electron chi connectivity index (χ2n) is 6.04. The minimum atomic E-state index is -4.54. The van der Waals surface area contributed by atoms with E-state index >= 15 is 0 Å². The summed E-state index contributed by atoms with van der Waals surface area (Å²) in [6.45, 7) is 6.94. The largest absolute Gasteiger partial charge is 0.433 e. The van der Waals surface area contributed by atoms with Gasteiger partial charge in [-0.15, -0.1) is 0 Å². The molecule has 0 N–H and O–H groups in total. The molecule has 1 atom stereocenters. The third-order valence-corrected chi connectivity index (χ3v) is 4.44. The van der Waals surface area contributed by atoms with Gasteiger partial charge in [-0.1, -0.05) is 5.16 Å². The Balaban J connectivity index is 2.32. The van der Waals surface area contributed by atoms with Crippen molar-refractivity contribution < 1.29 is 21.9 Å². The van der Waals surface area contributed by atoms with Crippen LogP contribution in [0.1, 0.15) is 39.1 Å². The smallest absolute Gasteiger partial charge is 0.354 e. The van der Waals surface area contributed by atoms with Gasteiger partial charge in [-0.3, -0.25) is 4.98 Å². The van der Waals surface area contributed by atoms with Crippen LogP contribution in [0.4, 0.5) is 13.2 Å². The van der Waals surface area contributed by atoms with E-state index in [2.05, 4.69) is 14.5 Å². The van der Waals surface area contributed by atoms with Gasteiger partial charge < -0.3 is 4.52 Å². The summed E-state index contributed by atoms with van der Waals surface area (Å²) >= 11 is 0. The molecule has 0 saturated carbocycles. The summed E-state index contributed by atoms with van der Waals surface area (Å²) in [6, 6.07) is 3.74. The molecular formula is C15H16F3N3O2S. The Morgan fingerprint density at radius 1 is 1.25 bits per heavy atom. The molecule has 0 aromatic carbocycles. The molecule has 24 heavy (non-hydrogen) atoms. The Hall–Kier alpha value is -2.03. The van der Waals surface area contributed by atoms with E-state index in [1.165, 1.54) is 12.1 Å². The van der Waals surface area contributed by atoms with Crippen LogP contribution < -0.4 is 0 Å². The van der Waals surface area contributed by atoms with Gasteiger partial charge in [0.2, 0.25) is 0 Å². The lowest BCUT2D eigenvalue weighted by Crippen LogP contribution is -2.20. The van der Waals surface area contributed by atoms with Crippen LogP contribution in [0.25, 0.3) is 11.3 Å². The van der Waals surface area contributed by atoms with Gasteiger partial charge in [0.25, 0.3) is 0 Å². The molecule has 0 aliphatic heterocycles. The lowest BCUT2D eigenvalue weighted by molar-refractivity contribution is -0.141. The summed E-state index contributed by atoms with van der Waals surface area (Å²) in [5, 5.41) is 3.75. The van der Waals surface area contributed by atoms with E-state index in [-0.39, 0.29) is 17.0 Å². The van der Waals surface area contributed by atoms with E-state index < -0.39 is 27.6 Å². The first-order valence-electron chi connectivity index (χ1n) is 6.96. The van der Waals surface area contributed by atoms with E-state index in [4.69, 9.17) is 4.52 Å². The van der Waals surface area contributed by atoms with E-state index in [1.807, 2.05) is 0 Å². The topological polar surface area (TPSA) is 68.3 Å². The van der Waals surface area contributed by atoms with Crippen molar-refractivity contribution in [3.05, 3.63) is 35.9 Å². The predicted molar refractivity (Wildman–Crippen MR) is 84.8 cm³/mol. The molecule has 5 nitrogen and oxygen atoms in total. The maximum atomic E-state index is 12.7. The molecule has 0 aliphatic rings. The molecule has 9 heteroatoms. The molecular weight excluding hydrogens is 343 g/mol. The van der Waals surface area contributed by atoms with Gasteiger partial charge in [0.15, 0.2) is 5.76 Å². The Labute approximate surface area is 139 Å². The van der Waals surface area contributed by atoms with Gasteiger partial charge in [-0.05, 0) is 39.8 Å². The Morgan fingerprint density at radius 2 is 1.92 bits per heavy atom. The molecule has 0 radical (unpaired) electrons. The standard InChI is InChI=1S/C15H16F3N3O2S/c1-9(21-24(22)14(2,3)4)12-8-11(20-23-12)10-5-6-19-13(7-10)15(16,17)18/h5-8H,1-4H3/t24-/m0/s1. The van der Waals surface area contributed by atoms with Crippen molar-refractivity contribution in [1.29, 1.82) is 0 Å². The van der Waals surface area contributed by atoms with Gasteiger partial charge in [-0.2, -0.15) is 17.6 Å². The third kappa shape index (κ3) is 4.28. The van der Waals surface area contributed by atoms with Crippen LogP contribution in [0.15, 0.2) is 33.3 Å². The minimum Gasteiger partial charge on any atom is -0.354 e. The molecule has 130 valence electrons. The molecule has 0 unspecified atom stereocenters. The Bertz CT molecular complexity index is 792.